The van der Waals surface area contributed by atoms with Gasteiger partial charge >= 0.3 is 0 Å². The number of hydrogen-bond acceptors (Lipinski definition) is 5. The molecular formula is C12H21N3O2. The third-order valence-electron chi connectivity index (χ3n) is 3.23. The Balaban J connectivity index is 2.10. The van der Waals surface area contributed by atoms with Crippen molar-refractivity contribution in [3.05, 3.63) is 11.7 Å². The fourth-order valence-corrected chi connectivity index (χ4v) is 2.44. The van der Waals surface area contributed by atoms with Gasteiger partial charge in [0.15, 0.2) is 5.82 Å². The standard InChI is InChI=1S/C12H21N3O2/c1-3-6-12(7-5-8-13-12)11-14-10(15-17-11)9-16-4-2/h13H,3-9H2,1-2H3. The van der Waals surface area contributed by atoms with Crippen molar-refractivity contribution in [2.45, 2.75) is 51.7 Å². The molecule has 0 aliphatic carbocycles. The van der Waals surface area contributed by atoms with Gasteiger partial charge in [-0.1, -0.05) is 18.5 Å². The van der Waals surface area contributed by atoms with Crippen LogP contribution in [0, 0.1) is 0 Å². The van der Waals surface area contributed by atoms with Crippen LogP contribution in [0.15, 0.2) is 4.52 Å². The van der Waals surface area contributed by atoms with Crippen LogP contribution < -0.4 is 5.32 Å². The van der Waals surface area contributed by atoms with Gasteiger partial charge in [0.25, 0.3) is 0 Å². The maximum Gasteiger partial charge on any atom is 0.247 e. The molecule has 0 spiro atoms. The van der Waals surface area contributed by atoms with Gasteiger partial charge in [0.1, 0.15) is 6.61 Å². The molecule has 1 saturated heterocycles. The minimum atomic E-state index is -0.0911. The van der Waals surface area contributed by atoms with E-state index in [2.05, 4.69) is 22.4 Å². The topological polar surface area (TPSA) is 60.2 Å². The first-order valence-electron chi connectivity index (χ1n) is 6.46. The Morgan fingerprint density at radius 2 is 2.35 bits per heavy atom. The molecule has 1 fully saturated rings. The monoisotopic (exact) mass is 239 g/mol. The summed E-state index contributed by atoms with van der Waals surface area (Å²) in [4.78, 5) is 4.46. The lowest BCUT2D eigenvalue weighted by molar-refractivity contribution is 0.126. The Morgan fingerprint density at radius 1 is 1.47 bits per heavy atom. The van der Waals surface area contributed by atoms with Crippen LogP contribution in [0.2, 0.25) is 0 Å². The average molecular weight is 239 g/mol. The van der Waals surface area contributed by atoms with Gasteiger partial charge in [0, 0.05) is 6.61 Å². The van der Waals surface area contributed by atoms with E-state index in [1.807, 2.05) is 6.92 Å². The van der Waals surface area contributed by atoms with E-state index in [4.69, 9.17) is 9.26 Å². The van der Waals surface area contributed by atoms with Crippen LogP contribution in [-0.2, 0) is 16.9 Å². The van der Waals surface area contributed by atoms with E-state index in [1.165, 1.54) is 6.42 Å². The molecule has 1 atom stereocenters. The molecule has 0 aromatic carbocycles. The Morgan fingerprint density at radius 3 is 3.00 bits per heavy atom. The normalized spacial score (nSPS) is 24.4. The largest absolute Gasteiger partial charge is 0.374 e. The van der Waals surface area contributed by atoms with E-state index in [-0.39, 0.29) is 5.54 Å². The SMILES string of the molecule is CCCC1(c2nc(COCC)no2)CCCN1. The van der Waals surface area contributed by atoms with Gasteiger partial charge < -0.3 is 14.6 Å². The van der Waals surface area contributed by atoms with Crippen LogP contribution in [0.3, 0.4) is 0 Å². The quantitative estimate of drug-likeness (QED) is 0.822. The predicted octanol–water partition coefficient (Wildman–Crippen LogP) is 1.98. The summed E-state index contributed by atoms with van der Waals surface area (Å²) in [6.45, 7) is 6.27. The van der Waals surface area contributed by atoms with Crippen LogP contribution in [0.5, 0.6) is 0 Å². The molecule has 1 aromatic heterocycles. The molecule has 0 saturated carbocycles. The summed E-state index contributed by atoms with van der Waals surface area (Å²) < 4.78 is 10.7. The number of nitrogens with one attached hydrogen (secondary N) is 1. The highest BCUT2D eigenvalue weighted by Crippen LogP contribution is 2.34. The Bertz CT molecular complexity index is 345. The fraction of sp³-hybridized carbons (Fsp3) is 0.833. The third kappa shape index (κ3) is 2.66. The van der Waals surface area contributed by atoms with Crippen molar-refractivity contribution in [3.63, 3.8) is 0 Å². The first-order chi connectivity index (χ1) is 8.30. The molecule has 0 amide bonds. The predicted molar refractivity (Wildman–Crippen MR) is 63.5 cm³/mol. The lowest BCUT2D eigenvalue weighted by Gasteiger charge is -2.24. The van der Waals surface area contributed by atoms with Crippen molar-refractivity contribution in [3.8, 4) is 0 Å². The molecule has 1 N–H and O–H groups in total. The van der Waals surface area contributed by atoms with Crippen molar-refractivity contribution in [2.75, 3.05) is 13.2 Å². The molecule has 5 heteroatoms. The van der Waals surface area contributed by atoms with Crippen molar-refractivity contribution in [1.82, 2.24) is 15.5 Å². The molecule has 2 rings (SSSR count). The molecule has 1 aliphatic rings. The summed E-state index contributed by atoms with van der Waals surface area (Å²) in [7, 11) is 0. The summed E-state index contributed by atoms with van der Waals surface area (Å²) in [5.74, 6) is 1.37. The zero-order valence-electron chi connectivity index (χ0n) is 10.7. The second-order valence-corrected chi connectivity index (χ2v) is 4.52. The third-order valence-corrected chi connectivity index (χ3v) is 3.23. The minimum Gasteiger partial charge on any atom is -0.374 e. The van der Waals surface area contributed by atoms with Crippen LogP contribution in [0.25, 0.3) is 0 Å². The Kier molecular flexibility index (Phi) is 4.12. The van der Waals surface area contributed by atoms with E-state index >= 15 is 0 Å². The van der Waals surface area contributed by atoms with E-state index in [0.717, 1.165) is 31.7 Å². The smallest absolute Gasteiger partial charge is 0.247 e. The summed E-state index contributed by atoms with van der Waals surface area (Å²) in [6.07, 6.45) is 4.40. The molecule has 1 unspecified atom stereocenters. The highest BCUT2D eigenvalue weighted by atomic mass is 16.5. The number of nitrogens with zero attached hydrogens (tertiary/aromatic N) is 2. The van der Waals surface area contributed by atoms with Gasteiger partial charge in [-0.05, 0) is 32.7 Å². The summed E-state index contributed by atoms with van der Waals surface area (Å²) in [6, 6.07) is 0. The lowest BCUT2D eigenvalue weighted by Crippen LogP contribution is -2.37. The second-order valence-electron chi connectivity index (χ2n) is 4.52. The maximum absolute atomic E-state index is 5.40. The second kappa shape index (κ2) is 5.60. The van der Waals surface area contributed by atoms with Crippen molar-refractivity contribution in [2.24, 2.45) is 0 Å². The van der Waals surface area contributed by atoms with Crippen molar-refractivity contribution >= 4 is 0 Å². The molecular weight excluding hydrogens is 218 g/mol. The zero-order chi connectivity index (χ0) is 12.1. The van der Waals surface area contributed by atoms with Crippen molar-refractivity contribution in [1.29, 1.82) is 0 Å². The van der Waals surface area contributed by atoms with Crippen LogP contribution in [0.1, 0.15) is 51.2 Å². The van der Waals surface area contributed by atoms with Gasteiger partial charge in [0.2, 0.25) is 5.89 Å². The number of rotatable bonds is 6. The van der Waals surface area contributed by atoms with Crippen LogP contribution >= 0.6 is 0 Å². The van der Waals surface area contributed by atoms with Crippen LogP contribution in [-0.4, -0.2) is 23.3 Å². The molecule has 1 aromatic rings. The van der Waals surface area contributed by atoms with Gasteiger partial charge in [0.05, 0.1) is 5.54 Å². The summed E-state index contributed by atoms with van der Waals surface area (Å²) in [5.41, 5.74) is -0.0911. The van der Waals surface area contributed by atoms with E-state index < -0.39 is 0 Å². The Hall–Kier alpha value is -0.940. The minimum absolute atomic E-state index is 0.0911. The summed E-state index contributed by atoms with van der Waals surface area (Å²) in [5, 5.41) is 7.49. The number of hydrogen-bond donors (Lipinski definition) is 1. The number of ether oxygens (including phenoxy) is 1. The Labute approximate surface area is 102 Å². The molecule has 96 valence electrons. The van der Waals surface area contributed by atoms with Gasteiger partial charge in [-0.15, -0.1) is 0 Å². The van der Waals surface area contributed by atoms with Crippen molar-refractivity contribution < 1.29 is 9.26 Å². The van der Waals surface area contributed by atoms with Crippen LogP contribution in [0.4, 0.5) is 0 Å². The molecule has 5 nitrogen and oxygen atoms in total. The molecule has 2 heterocycles. The summed E-state index contributed by atoms with van der Waals surface area (Å²) >= 11 is 0. The average Bonchev–Trinajstić information content (AvgIpc) is 2.96. The van der Waals surface area contributed by atoms with Gasteiger partial charge in [-0.2, -0.15) is 4.98 Å². The maximum atomic E-state index is 5.40. The first kappa shape index (κ1) is 12.5. The first-order valence-corrected chi connectivity index (χ1v) is 6.46. The molecule has 1 aliphatic heterocycles. The fourth-order valence-electron chi connectivity index (χ4n) is 2.44. The van der Waals surface area contributed by atoms with Gasteiger partial charge in [-0.3, -0.25) is 0 Å². The lowest BCUT2D eigenvalue weighted by atomic mass is 9.92. The van der Waals surface area contributed by atoms with E-state index in [9.17, 15) is 0 Å². The van der Waals surface area contributed by atoms with E-state index in [0.29, 0.717) is 19.0 Å². The molecule has 0 radical (unpaired) electrons. The molecule has 17 heavy (non-hydrogen) atoms. The highest BCUT2D eigenvalue weighted by Gasteiger charge is 2.39. The number of aromatic nitrogens is 2. The molecule has 0 bridgehead atoms. The van der Waals surface area contributed by atoms with Gasteiger partial charge in [-0.25, -0.2) is 0 Å². The highest BCUT2D eigenvalue weighted by molar-refractivity contribution is 5.06. The van der Waals surface area contributed by atoms with E-state index in [1.54, 1.807) is 0 Å². The zero-order valence-corrected chi connectivity index (χ0v) is 10.7.